The van der Waals surface area contributed by atoms with E-state index < -0.39 is 0 Å². The highest BCUT2D eigenvalue weighted by Gasteiger charge is 2.39. The predicted octanol–water partition coefficient (Wildman–Crippen LogP) is 1.14. The van der Waals surface area contributed by atoms with Crippen molar-refractivity contribution >= 4 is 0 Å². The first-order valence-electron chi connectivity index (χ1n) is 5.84. The molecule has 0 bridgehead atoms. The van der Waals surface area contributed by atoms with E-state index in [9.17, 15) is 0 Å². The second-order valence-corrected chi connectivity index (χ2v) is 4.17. The largest absolute Gasteiger partial charge is 0.310 e. The van der Waals surface area contributed by atoms with Gasteiger partial charge in [-0.1, -0.05) is 20.3 Å². The molecule has 0 spiro atoms. The van der Waals surface area contributed by atoms with E-state index in [-0.39, 0.29) is 0 Å². The molecule has 2 atom stereocenters. The molecule has 0 aliphatic heterocycles. The van der Waals surface area contributed by atoms with Crippen molar-refractivity contribution in [3.05, 3.63) is 5.82 Å². The van der Waals surface area contributed by atoms with Crippen molar-refractivity contribution in [3.63, 3.8) is 0 Å². The van der Waals surface area contributed by atoms with Crippen molar-refractivity contribution in [1.29, 1.82) is 0 Å². The highest BCUT2D eigenvalue weighted by atomic mass is 15.6. The Morgan fingerprint density at radius 2 is 2.33 bits per heavy atom. The molecular weight excluding hydrogens is 190 g/mol. The topological polar surface area (TPSA) is 55.6 Å². The van der Waals surface area contributed by atoms with Crippen molar-refractivity contribution in [2.75, 3.05) is 6.54 Å². The molecule has 1 saturated carbocycles. The van der Waals surface area contributed by atoms with Crippen LogP contribution >= 0.6 is 0 Å². The van der Waals surface area contributed by atoms with Crippen LogP contribution in [-0.4, -0.2) is 26.8 Å². The van der Waals surface area contributed by atoms with Crippen molar-refractivity contribution in [2.24, 2.45) is 5.92 Å². The summed E-state index contributed by atoms with van der Waals surface area (Å²) in [7, 11) is 0. The fourth-order valence-corrected chi connectivity index (χ4v) is 2.04. The van der Waals surface area contributed by atoms with Gasteiger partial charge in [-0.3, -0.25) is 0 Å². The van der Waals surface area contributed by atoms with Crippen LogP contribution in [0.1, 0.15) is 45.0 Å². The maximum atomic E-state index is 4.08. The zero-order valence-electron chi connectivity index (χ0n) is 9.48. The monoisotopic (exact) mass is 209 g/mol. The molecule has 0 amide bonds. The van der Waals surface area contributed by atoms with Crippen LogP contribution in [0.15, 0.2) is 0 Å². The van der Waals surface area contributed by atoms with Gasteiger partial charge in [-0.15, -0.1) is 5.10 Å². The molecule has 2 unspecified atom stereocenters. The van der Waals surface area contributed by atoms with Crippen LogP contribution in [0.25, 0.3) is 0 Å². The molecule has 1 aliphatic rings. The molecule has 1 aromatic heterocycles. The van der Waals surface area contributed by atoms with Gasteiger partial charge in [0.25, 0.3) is 0 Å². The highest BCUT2D eigenvalue weighted by Crippen LogP contribution is 2.46. The van der Waals surface area contributed by atoms with Gasteiger partial charge in [0.1, 0.15) is 0 Å². The van der Waals surface area contributed by atoms with Crippen LogP contribution in [0.4, 0.5) is 0 Å². The number of nitrogens with zero attached hydrogens (tertiary/aromatic N) is 4. The van der Waals surface area contributed by atoms with Gasteiger partial charge < -0.3 is 5.32 Å². The van der Waals surface area contributed by atoms with E-state index in [1.54, 1.807) is 0 Å². The molecule has 84 valence electrons. The third kappa shape index (κ3) is 2.34. The Hall–Kier alpha value is -0.970. The second-order valence-electron chi connectivity index (χ2n) is 4.17. The lowest BCUT2D eigenvalue weighted by Gasteiger charge is -2.03. The molecule has 0 aromatic carbocycles. The van der Waals surface area contributed by atoms with Gasteiger partial charge in [-0.05, 0) is 35.7 Å². The highest BCUT2D eigenvalue weighted by molar-refractivity contribution is 4.95. The maximum absolute atomic E-state index is 4.08. The summed E-state index contributed by atoms with van der Waals surface area (Å²) in [6.45, 7) is 6.05. The van der Waals surface area contributed by atoms with E-state index in [4.69, 9.17) is 0 Å². The van der Waals surface area contributed by atoms with Gasteiger partial charge >= 0.3 is 0 Å². The fourth-order valence-electron chi connectivity index (χ4n) is 2.04. The third-order valence-corrected chi connectivity index (χ3v) is 2.95. The number of hydrogen-bond donors (Lipinski definition) is 1. The lowest BCUT2D eigenvalue weighted by molar-refractivity contribution is 0.514. The molecule has 1 fully saturated rings. The predicted molar refractivity (Wildman–Crippen MR) is 57.2 cm³/mol. The summed E-state index contributed by atoms with van der Waals surface area (Å²) in [5.41, 5.74) is 0. The Morgan fingerprint density at radius 1 is 1.47 bits per heavy atom. The minimum Gasteiger partial charge on any atom is -0.310 e. The zero-order valence-corrected chi connectivity index (χ0v) is 9.48. The summed E-state index contributed by atoms with van der Waals surface area (Å²) in [6.07, 6.45) is 3.80. The van der Waals surface area contributed by atoms with Crippen molar-refractivity contribution < 1.29 is 0 Å². The van der Waals surface area contributed by atoms with E-state index in [1.165, 1.54) is 19.3 Å². The van der Waals surface area contributed by atoms with Crippen LogP contribution in [0.3, 0.4) is 0 Å². The standard InChI is InChI=1S/C10H19N5/c1-3-5-8-6-9(8)15-10(7-11-4-2)12-13-14-15/h8-9,11H,3-7H2,1-2H3. The van der Waals surface area contributed by atoms with Crippen LogP contribution in [-0.2, 0) is 6.54 Å². The van der Waals surface area contributed by atoms with Crippen LogP contribution < -0.4 is 5.32 Å². The van der Waals surface area contributed by atoms with Crippen molar-refractivity contribution in [3.8, 4) is 0 Å². The van der Waals surface area contributed by atoms with Gasteiger partial charge in [0.2, 0.25) is 0 Å². The summed E-state index contributed by atoms with van der Waals surface area (Å²) >= 11 is 0. The molecule has 5 heteroatoms. The lowest BCUT2D eigenvalue weighted by Crippen LogP contribution is -2.16. The van der Waals surface area contributed by atoms with E-state index in [2.05, 4.69) is 34.7 Å². The zero-order chi connectivity index (χ0) is 10.7. The number of hydrogen-bond acceptors (Lipinski definition) is 4. The first-order valence-corrected chi connectivity index (χ1v) is 5.84. The lowest BCUT2D eigenvalue weighted by atomic mass is 10.2. The number of tetrazole rings is 1. The van der Waals surface area contributed by atoms with Crippen molar-refractivity contribution in [2.45, 2.75) is 45.7 Å². The number of rotatable bonds is 6. The van der Waals surface area contributed by atoms with Crippen LogP contribution in [0.2, 0.25) is 0 Å². The van der Waals surface area contributed by atoms with E-state index in [0.29, 0.717) is 6.04 Å². The Morgan fingerprint density at radius 3 is 3.07 bits per heavy atom. The summed E-state index contributed by atoms with van der Waals surface area (Å²) in [4.78, 5) is 0. The summed E-state index contributed by atoms with van der Waals surface area (Å²) in [5, 5.41) is 15.1. The molecule has 0 saturated heterocycles. The smallest absolute Gasteiger partial charge is 0.165 e. The second kappa shape index (κ2) is 4.70. The molecule has 5 nitrogen and oxygen atoms in total. The molecule has 2 rings (SSSR count). The summed E-state index contributed by atoms with van der Waals surface area (Å²) in [5.74, 6) is 1.78. The minimum atomic E-state index is 0.564. The Labute approximate surface area is 90.2 Å². The number of nitrogens with one attached hydrogen (secondary N) is 1. The first-order chi connectivity index (χ1) is 7.36. The van der Waals surface area contributed by atoms with Crippen LogP contribution in [0, 0.1) is 5.92 Å². The quantitative estimate of drug-likeness (QED) is 0.763. The van der Waals surface area contributed by atoms with E-state index in [0.717, 1.165) is 24.8 Å². The third-order valence-electron chi connectivity index (χ3n) is 2.95. The normalized spacial score (nSPS) is 24.4. The van der Waals surface area contributed by atoms with E-state index >= 15 is 0 Å². The molecule has 15 heavy (non-hydrogen) atoms. The first kappa shape index (κ1) is 10.5. The molecule has 1 N–H and O–H groups in total. The van der Waals surface area contributed by atoms with Gasteiger partial charge in [0.15, 0.2) is 5.82 Å². The van der Waals surface area contributed by atoms with Gasteiger partial charge in [-0.25, -0.2) is 4.68 Å². The average molecular weight is 209 g/mol. The van der Waals surface area contributed by atoms with Crippen LogP contribution in [0.5, 0.6) is 0 Å². The Bertz CT molecular complexity index is 309. The van der Waals surface area contributed by atoms with E-state index in [1.807, 2.05) is 4.68 Å². The molecule has 0 radical (unpaired) electrons. The Kier molecular flexibility index (Phi) is 3.30. The average Bonchev–Trinajstić information content (AvgIpc) is 2.85. The Balaban J connectivity index is 1.94. The molecular formula is C10H19N5. The molecule has 1 heterocycles. The maximum Gasteiger partial charge on any atom is 0.165 e. The minimum absolute atomic E-state index is 0.564. The summed E-state index contributed by atoms with van der Waals surface area (Å²) < 4.78 is 2.00. The number of aromatic nitrogens is 4. The fraction of sp³-hybridized carbons (Fsp3) is 0.900. The van der Waals surface area contributed by atoms with Gasteiger partial charge in [-0.2, -0.15) is 0 Å². The van der Waals surface area contributed by atoms with Gasteiger partial charge in [0, 0.05) is 0 Å². The van der Waals surface area contributed by atoms with Crippen molar-refractivity contribution in [1.82, 2.24) is 25.5 Å². The molecule has 1 aromatic rings. The summed E-state index contributed by atoms with van der Waals surface area (Å²) in [6, 6.07) is 0.564. The SMILES string of the molecule is CCCC1CC1n1nnnc1CNCC. The molecule has 1 aliphatic carbocycles. The van der Waals surface area contributed by atoms with Gasteiger partial charge in [0.05, 0.1) is 12.6 Å².